The lowest BCUT2D eigenvalue weighted by Crippen LogP contribution is -2.22. The molecule has 0 spiro atoms. The van der Waals surface area contributed by atoms with Crippen molar-refractivity contribution < 1.29 is 9.21 Å². The van der Waals surface area contributed by atoms with Crippen LogP contribution >= 0.6 is 34.9 Å². The molecule has 9 heteroatoms. The number of furan rings is 1. The van der Waals surface area contributed by atoms with Gasteiger partial charge in [-0.3, -0.25) is 4.79 Å². The normalized spacial score (nSPS) is 11.9. The number of hydrogen-bond donors (Lipinski definition) is 2. The molecule has 0 radical (unpaired) electrons. The molecular formula is C17H18N4O2S3. The lowest BCUT2D eigenvalue weighted by atomic mass is 10.3. The molecule has 0 aliphatic rings. The minimum atomic E-state index is -0.282. The standard InChI is InChI=1S/C17H18N4O2S3/c1-11(15(22)19-13-7-3-4-8-14(13)24-2)25-17-21-20-16(26-17)18-10-12-6-5-9-23-12/h3-9,11H,10H2,1-2H3,(H,18,20)(H,19,22). The molecule has 6 nitrogen and oxygen atoms in total. The molecule has 1 aromatic carbocycles. The number of nitrogens with zero attached hydrogens (tertiary/aromatic N) is 2. The fourth-order valence-electron chi connectivity index (χ4n) is 2.09. The summed E-state index contributed by atoms with van der Waals surface area (Å²) in [5.74, 6) is 0.770. The zero-order valence-electron chi connectivity index (χ0n) is 14.3. The molecule has 2 heterocycles. The van der Waals surface area contributed by atoms with Crippen molar-refractivity contribution in [2.75, 3.05) is 16.9 Å². The van der Waals surface area contributed by atoms with Crippen LogP contribution in [0.5, 0.6) is 0 Å². The van der Waals surface area contributed by atoms with E-state index < -0.39 is 0 Å². The summed E-state index contributed by atoms with van der Waals surface area (Å²) in [6.45, 7) is 2.41. The average Bonchev–Trinajstić information content (AvgIpc) is 3.32. The van der Waals surface area contributed by atoms with E-state index in [1.165, 1.54) is 23.1 Å². The van der Waals surface area contributed by atoms with Gasteiger partial charge in [0.15, 0.2) is 4.34 Å². The largest absolute Gasteiger partial charge is 0.467 e. The Kier molecular flexibility index (Phi) is 6.59. The van der Waals surface area contributed by atoms with Crippen molar-refractivity contribution >= 4 is 51.6 Å². The lowest BCUT2D eigenvalue weighted by molar-refractivity contribution is -0.115. The van der Waals surface area contributed by atoms with Crippen molar-refractivity contribution in [3.05, 3.63) is 48.4 Å². The first-order valence-corrected chi connectivity index (χ1v) is 10.8. The topological polar surface area (TPSA) is 80.0 Å². The van der Waals surface area contributed by atoms with Crippen molar-refractivity contribution in [1.82, 2.24) is 10.2 Å². The molecule has 3 rings (SSSR count). The molecule has 0 saturated carbocycles. The molecule has 0 bridgehead atoms. The Balaban J connectivity index is 1.54. The number of carbonyl (C=O) groups excluding carboxylic acids is 1. The first-order valence-electron chi connectivity index (χ1n) is 7.86. The van der Waals surface area contributed by atoms with Gasteiger partial charge < -0.3 is 15.1 Å². The van der Waals surface area contributed by atoms with E-state index in [2.05, 4.69) is 20.8 Å². The number of nitrogens with one attached hydrogen (secondary N) is 2. The van der Waals surface area contributed by atoms with Gasteiger partial charge in [0.25, 0.3) is 0 Å². The van der Waals surface area contributed by atoms with E-state index in [4.69, 9.17) is 4.42 Å². The van der Waals surface area contributed by atoms with Crippen LogP contribution in [0.1, 0.15) is 12.7 Å². The zero-order chi connectivity index (χ0) is 18.4. The first kappa shape index (κ1) is 18.8. The molecule has 0 aliphatic heterocycles. The number of hydrogen-bond acceptors (Lipinski definition) is 8. The maximum atomic E-state index is 12.5. The number of anilines is 2. The van der Waals surface area contributed by atoms with Crippen molar-refractivity contribution in [3.63, 3.8) is 0 Å². The van der Waals surface area contributed by atoms with Gasteiger partial charge in [0.2, 0.25) is 11.0 Å². The van der Waals surface area contributed by atoms with Gasteiger partial charge in [-0.2, -0.15) is 0 Å². The molecule has 2 aromatic heterocycles. The third-order valence-electron chi connectivity index (χ3n) is 3.41. The SMILES string of the molecule is CSc1ccccc1NC(=O)C(C)Sc1nnc(NCc2ccco2)s1. The molecule has 1 unspecified atom stereocenters. The van der Waals surface area contributed by atoms with Gasteiger partial charge >= 0.3 is 0 Å². The van der Waals surface area contributed by atoms with Gasteiger partial charge in [-0.25, -0.2) is 0 Å². The summed E-state index contributed by atoms with van der Waals surface area (Å²) in [6.07, 6.45) is 3.62. The van der Waals surface area contributed by atoms with E-state index in [0.29, 0.717) is 11.7 Å². The fourth-order valence-corrected chi connectivity index (χ4v) is 4.54. The molecule has 136 valence electrons. The molecular weight excluding hydrogens is 388 g/mol. The van der Waals surface area contributed by atoms with Crippen molar-refractivity contribution in [3.8, 4) is 0 Å². The fraction of sp³-hybridized carbons (Fsp3) is 0.235. The zero-order valence-corrected chi connectivity index (χ0v) is 16.7. The van der Waals surface area contributed by atoms with Crippen molar-refractivity contribution in [1.29, 1.82) is 0 Å². The third kappa shape index (κ3) is 5.03. The second-order valence-electron chi connectivity index (χ2n) is 5.26. The smallest absolute Gasteiger partial charge is 0.237 e. The molecule has 1 amide bonds. The van der Waals surface area contributed by atoms with Gasteiger partial charge in [0.1, 0.15) is 5.76 Å². The first-order chi connectivity index (χ1) is 12.7. The summed E-state index contributed by atoms with van der Waals surface area (Å²) in [7, 11) is 0. The summed E-state index contributed by atoms with van der Waals surface area (Å²) in [5.41, 5.74) is 0.829. The van der Waals surface area contributed by atoms with Gasteiger partial charge in [0.05, 0.1) is 23.7 Å². The Labute approximate surface area is 164 Å². The van der Waals surface area contributed by atoms with E-state index in [1.54, 1.807) is 18.0 Å². The second kappa shape index (κ2) is 9.11. The lowest BCUT2D eigenvalue weighted by Gasteiger charge is -2.12. The van der Waals surface area contributed by atoms with E-state index in [1.807, 2.05) is 49.6 Å². The molecule has 0 saturated heterocycles. The highest BCUT2D eigenvalue weighted by molar-refractivity contribution is 8.02. The van der Waals surface area contributed by atoms with Crippen LogP contribution in [0.25, 0.3) is 0 Å². The average molecular weight is 407 g/mol. The highest BCUT2D eigenvalue weighted by Crippen LogP contribution is 2.30. The van der Waals surface area contributed by atoms with E-state index in [-0.39, 0.29) is 11.2 Å². The Bertz CT molecular complexity index is 851. The minimum Gasteiger partial charge on any atom is -0.467 e. The van der Waals surface area contributed by atoms with Gasteiger partial charge in [-0.1, -0.05) is 35.2 Å². The van der Waals surface area contributed by atoms with Gasteiger partial charge in [-0.05, 0) is 37.4 Å². The Morgan fingerprint density at radius 2 is 2.12 bits per heavy atom. The summed E-state index contributed by atoms with van der Waals surface area (Å²) in [4.78, 5) is 13.5. The predicted molar refractivity (Wildman–Crippen MR) is 108 cm³/mol. The van der Waals surface area contributed by atoms with Crippen LogP contribution in [-0.4, -0.2) is 27.6 Å². The molecule has 0 fully saturated rings. The highest BCUT2D eigenvalue weighted by Gasteiger charge is 2.18. The van der Waals surface area contributed by atoms with Crippen LogP contribution < -0.4 is 10.6 Å². The number of aromatic nitrogens is 2. The maximum absolute atomic E-state index is 12.5. The monoisotopic (exact) mass is 406 g/mol. The number of thioether (sulfide) groups is 2. The summed E-state index contributed by atoms with van der Waals surface area (Å²) < 4.78 is 6.01. The third-order valence-corrected chi connectivity index (χ3v) is 6.27. The number of rotatable bonds is 8. The second-order valence-corrected chi connectivity index (χ2v) is 8.67. The Morgan fingerprint density at radius 1 is 1.27 bits per heavy atom. The minimum absolute atomic E-state index is 0.0585. The van der Waals surface area contributed by atoms with Crippen LogP contribution in [0, 0.1) is 0 Å². The van der Waals surface area contributed by atoms with E-state index >= 15 is 0 Å². The molecule has 26 heavy (non-hydrogen) atoms. The Morgan fingerprint density at radius 3 is 2.88 bits per heavy atom. The Hall–Kier alpha value is -1.97. The summed E-state index contributed by atoms with van der Waals surface area (Å²) in [6, 6.07) is 11.5. The van der Waals surface area contributed by atoms with Crippen LogP contribution in [0.15, 0.2) is 56.3 Å². The predicted octanol–water partition coefficient (Wildman–Crippen LogP) is 4.58. The quantitative estimate of drug-likeness (QED) is 0.530. The van der Waals surface area contributed by atoms with E-state index in [9.17, 15) is 4.79 Å². The van der Waals surface area contributed by atoms with Crippen molar-refractivity contribution in [2.24, 2.45) is 0 Å². The number of carbonyl (C=O) groups is 1. The van der Waals surface area contributed by atoms with Crippen LogP contribution in [0.4, 0.5) is 10.8 Å². The molecule has 0 aliphatic carbocycles. The van der Waals surface area contributed by atoms with Gasteiger partial charge in [0, 0.05) is 4.90 Å². The van der Waals surface area contributed by atoms with Crippen LogP contribution in [-0.2, 0) is 11.3 Å². The highest BCUT2D eigenvalue weighted by atomic mass is 32.2. The number of para-hydroxylation sites is 1. The molecule has 3 aromatic rings. The van der Waals surface area contributed by atoms with Gasteiger partial charge in [-0.15, -0.1) is 22.0 Å². The van der Waals surface area contributed by atoms with E-state index in [0.717, 1.165) is 20.7 Å². The summed E-state index contributed by atoms with van der Waals surface area (Å²) >= 11 is 4.41. The molecule has 1 atom stereocenters. The number of amides is 1. The van der Waals surface area contributed by atoms with Crippen LogP contribution in [0.2, 0.25) is 0 Å². The number of benzene rings is 1. The van der Waals surface area contributed by atoms with Crippen molar-refractivity contribution in [2.45, 2.75) is 28.0 Å². The maximum Gasteiger partial charge on any atom is 0.237 e. The molecule has 2 N–H and O–H groups in total. The summed E-state index contributed by atoms with van der Waals surface area (Å²) in [5, 5.41) is 14.8. The van der Waals surface area contributed by atoms with Crippen LogP contribution in [0.3, 0.4) is 0 Å².